The Hall–Kier alpha value is -2.07. The Morgan fingerprint density at radius 3 is 2.79 bits per heavy atom. The molecule has 1 amide bonds. The fraction of sp³-hybridized carbons (Fsp3) is 0.250. The quantitative estimate of drug-likeness (QED) is 0.796. The molecule has 0 heterocycles. The van der Waals surface area contributed by atoms with E-state index in [1.165, 1.54) is 19.1 Å². The number of carbonyl (C=O) groups is 2. The molecule has 1 atom stereocenters. The van der Waals surface area contributed by atoms with E-state index in [4.69, 9.17) is 10.4 Å². The molecule has 0 unspecified atom stereocenters. The average Bonchev–Trinajstić information content (AvgIpc) is 2.34. The van der Waals surface area contributed by atoms with E-state index in [0.717, 1.165) is 17.8 Å². The number of hydrogen-bond acceptors (Lipinski definition) is 4. The molecule has 1 aromatic rings. The first-order chi connectivity index (χ1) is 8.93. The van der Waals surface area contributed by atoms with Crippen LogP contribution in [-0.4, -0.2) is 28.8 Å². The predicted molar refractivity (Wildman–Crippen MR) is 67.1 cm³/mol. The summed E-state index contributed by atoms with van der Waals surface area (Å²) in [6.45, 7) is 1.22. The van der Waals surface area contributed by atoms with Gasteiger partial charge in [-0.1, -0.05) is 0 Å². The van der Waals surface area contributed by atoms with Crippen LogP contribution in [0.3, 0.4) is 0 Å². The van der Waals surface area contributed by atoms with E-state index in [1.807, 2.05) is 6.07 Å². The van der Waals surface area contributed by atoms with Crippen molar-refractivity contribution in [2.75, 3.05) is 5.75 Å². The van der Waals surface area contributed by atoms with E-state index in [9.17, 15) is 14.0 Å². The highest BCUT2D eigenvalue weighted by Crippen LogP contribution is 2.23. The molecular weight excluding hydrogens is 271 g/mol. The number of nitrogens with one attached hydrogen (secondary N) is 1. The van der Waals surface area contributed by atoms with E-state index >= 15 is 0 Å². The zero-order valence-corrected chi connectivity index (χ0v) is 10.8. The van der Waals surface area contributed by atoms with Gasteiger partial charge in [-0.25, -0.2) is 9.18 Å². The molecular formula is C12H11FN2O3S. The first-order valence-corrected chi connectivity index (χ1v) is 6.25. The molecule has 0 aliphatic rings. The predicted octanol–water partition coefficient (Wildman–Crippen LogP) is 1.38. The second-order valence-corrected chi connectivity index (χ2v) is 4.72. The van der Waals surface area contributed by atoms with E-state index in [2.05, 4.69) is 5.32 Å². The van der Waals surface area contributed by atoms with Gasteiger partial charge in [0.05, 0.1) is 5.56 Å². The van der Waals surface area contributed by atoms with Crippen LogP contribution in [0, 0.1) is 17.1 Å². The lowest BCUT2D eigenvalue weighted by molar-refractivity contribution is -0.140. The summed E-state index contributed by atoms with van der Waals surface area (Å²) in [5.74, 6) is -2.09. The van der Waals surface area contributed by atoms with Crippen molar-refractivity contribution in [2.45, 2.75) is 17.9 Å². The topological polar surface area (TPSA) is 90.2 Å². The summed E-state index contributed by atoms with van der Waals surface area (Å²) < 4.78 is 12.9. The number of carboxylic acids is 1. The summed E-state index contributed by atoms with van der Waals surface area (Å²) in [6, 6.07) is 4.46. The van der Waals surface area contributed by atoms with Gasteiger partial charge in [-0.05, 0) is 18.2 Å². The highest BCUT2D eigenvalue weighted by Gasteiger charge is 2.19. The minimum absolute atomic E-state index is 0.0508. The number of aliphatic carboxylic acids is 1. The second-order valence-electron chi connectivity index (χ2n) is 3.65. The normalized spacial score (nSPS) is 11.4. The van der Waals surface area contributed by atoms with Crippen molar-refractivity contribution in [2.24, 2.45) is 0 Å². The molecule has 2 N–H and O–H groups in total. The van der Waals surface area contributed by atoms with Crippen LogP contribution in [0.5, 0.6) is 0 Å². The van der Waals surface area contributed by atoms with Gasteiger partial charge in [0.1, 0.15) is 17.9 Å². The smallest absolute Gasteiger partial charge is 0.327 e. The molecule has 1 aromatic carbocycles. The van der Waals surface area contributed by atoms with Crippen LogP contribution in [0.1, 0.15) is 12.5 Å². The molecule has 1 rings (SSSR count). The molecule has 0 aliphatic heterocycles. The molecule has 0 saturated carbocycles. The van der Waals surface area contributed by atoms with Crippen LogP contribution in [0.15, 0.2) is 23.1 Å². The number of nitrogens with zero attached hydrogens (tertiary/aromatic N) is 1. The summed E-state index contributed by atoms with van der Waals surface area (Å²) in [4.78, 5) is 22.2. The van der Waals surface area contributed by atoms with Crippen molar-refractivity contribution in [3.63, 3.8) is 0 Å². The van der Waals surface area contributed by atoms with Gasteiger partial charge in [-0.15, -0.1) is 11.8 Å². The number of thioether (sulfide) groups is 1. The average molecular weight is 282 g/mol. The Bertz CT molecular complexity index is 542. The SMILES string of the molecule is CC(=O)N[C@@H](CSc1ccc(F)cc1C#N)C(=O)O. The number of carbonyl (C=O) groups excluding carboxylic acids is 1. The number of nitriles is 1. The van der Waals surface area contributed by atoms with E-state index < -0.39 is 23.7 Å². The lowest BCUT2D eigenvalue weighted by atomic mass is 10.2. The van der Waals surface area contributed by atoms with Crippen LogP contribution in [0.25, 0.3) is 0 Å². The van der Waals surface area contributed by atoms with Crippen molar-refractivity contribution in [3.8, 4) is 6.07 Å². The number of rotatable bonds is 5. The van der Waals surface area contributed by atoms with Crippen molar-refractivity contribution >= 4 is 23.6 Å². The molecule has 7 heteroatoms. The third-order valence-electron chi connectivity index (χ3n) is 2.14. The molecule has 0 aliphatic carbocycles. The third-order valence-corrected chi connectivity index (χ3v) is 3.31. The van der Waals surface area contributed by atoms with E-state index in [1.54, 1.807) is 0 Å². The summed E-state index contributed by atoms with van der Waals surface area (Å²) >= 11 is 1.07. The largest absolute Gasteiger partial charge is 0.480 e. The van der Waals surface area contributed by atoms with Crippen LogP contribution in [0.4, 0.5) is 4.39 Å². The molecule has 0 radical (unpaired) electrons. The fourth-order valence-electron chi connectivity index (χ4n) is 1.31. The van der Waals surface area contributed by atoms with Gasteiger partial charge in [-0.2, -0.15) is 5.26 Å². The second kappa shape index (κ2) is 6.75. The summed E-state index contributed by atoms with van der Waals surface area (Å²) in [5.41, 5.74) is 0.136. The van der Waals surface area contributed by atoms with Crippen molar-refractivity contribution < 1.29 is 19.1 Å². The number of carboxylic acid groups (broad SMARTS) is 1. The lowest BCUT2D eigenvalue weighted by Gasteiger charge is -2.13. The molecule has 0 fully saturated rings. The van der Waals surface area contributed by atoms with Gasteiger partial charge in [0.2, 0.25) is 5.91 Å². The minimum Gasteiger partial charge on any atom is -0.480 e. The zero-order chi connectivity index (χ0) is 14.4. The molecule has 0 saturated heterocycles. The Labute approximate surface area is 113 Å². The highest BCUT2D eigenvalue weighted by atomic mass is 32.2. The van der Waals surface area contributed by atoms with Gasteiger partial charge in [-0.3, -0.25) is 4.79 Å². The van der Waals surface area contributed by atoms with Crippen LogP contribution in [-0.2, 0) is 9.59 Å². The molecule has 0 aromatic heterocycles. The van der Waals surface area contributed by atoms with Gasteiger partial charge < -0.3 is 10.4 Å². The first-order valence-electron chi connectivity index (χ1n) is 5.26. The highest BCUT2D eigenvalue weighted by molar-refractivity contribution is 7.99. The van der Waals surface area contributed by atoms with Crippen LogP contribution >= 0.6 is 11.8 Å². The maximum absolute atomic E-state index is 12.9. The van der Waals surface area contributed by atoms with E-state index in [-0.39, 0.29) is 11.3 Å². The summed E-state index contributed by atoms with van der Waals surface area (Å²) in [6.07, 6.45) is 0. The van der Waals surface area contributed by atoms with Crippen molar-refractivity contribution in [1.29, 1.82) is 5.26 Å². The Morgan fingerprint density at radius 1 is 1.58 bits per heavy atom. The third kappa shape index (κ3) is 4.60. The van der Waals surface area contributed by atoms with Gasteiger partial charge in [0.25, 0.3) is 0 Å². The van der Waals surface area contributed by atoms with Crippen LogP contribution < -0.4 is 5.32 Å². The van der Waals surface area contributed by atoms with Gasteiger partial charge in [0, 0.05) is 17.6 Å². The lowest BCUT2D eigenvalue weighted by Crippen LogP contribution is -2.41. The molecule has 100 valence electrons. The molecule has 0 spiro atoms. The fourth-order valence-corrected chi connectivity index (χ4v) is 2.31. The van der Waals surface area contributed by atoms with Crippen molar-refractivity contribution in [1.82, 2.24) is 5.32 Å². The minimum atomic E-state index is -1.16. The summed E-state index contributed by atoms with van der Waals surface area (Å²) in [7, 11) is 0. The maximum atomic E-state index is 12.9. The standard InChI is InChI=1S/C12H11FN2O3S/c1-7(16)15-10(12(17)18)6-19-11-3-2-9(13)4-8(11)5-14/h2-4,10H,6H2,1H3,(H,15,16)(H,17,18)/t10-/m0/s1. The number of benzene rings is 1. The summed E-state index contributed by atoms with van der Waals surface area (Å²) in [5, 5.41) is 20.0. The van der Waals surface area contributed by atoms with Crippen LogP contribution in [0.2, 0.25) is 0 Å². The number of hydrogen-bond donors (Lipinski definition) is 2. The Morgan fingerprint density at radius 2 is 2.26 bits per heavy atom. The van der Waals surface area contributed by atoms with E-state index in [0.29, 0.717) is 4.90 Å². The number of halogens is 1. The zero-order valence-electron chi connectivity index (χ0n) is 10.0. The van der Waals surface area contributed by atoms with Gasteiger partial charge in [0.15, 0.2) is 0 Å². The Kier molecular flexibility index (Phi) is 5.33. The molecule has 19 heavy (non-hydrogen) atoms. The maximum Gasteiger partial charge on any atom is 0.327 e. The monoisotopic (exact) mass is 282 g/mol. The first kappa shape index (κ1) is 15.0. The Balaban J connectivity index is 2.77. The molecule has 5 nitrogen and oxygen atoms in total. The van der Waals surface area contributed by atoms with Gasteiger partial charge >= 0.3 is 5.97 Å². The van der Waals surface area contributed by atoms with Crippen molar-refractivity contribution in [3.05, 3.63) is 29.6 Å². The molecule has 0 bridgehead atoms. The number of amides is 1.